The number of benzene rings is 1. The maximum atomic E-state index is 12.2. The van der Waals surface area contributed by atoms with Crippen LogP contribution in [0.25, 0.3) is 0 Å². The van der Waals surface area contributed by atoms with E-state index < -0.39 is 9.84 Å². The van der Waals surface area contributed by atoms with Crippen LogP contribution < -0.4 is 11.5 Å². The minimum atomic E-state index is -2.99. The number of nitrogens with zero attached hydrogens (tertiary/aromatic N) is 1. The zero-order valence-electron chi connectivity index (χ0n) is 9.80. The number of hydrogen-bond acceptors (Lipinski definition) is 5. The van der Waals surface area contributed by atoms with Crippen molar-refractivity contribution >= 4 is 27.1 Å². The zero-order valence-corrected chi connectivity index (χ0v) is 10.6. The van der Waals surface area contributed by atoms with E-state index in [9.17, 15) is 13.2 Å². The highest BCUT2D eigenvalue weighted by molar-refractivity contribution is 7.91. The summed E-state index contributed by atoms with van der Waals surface area (Å²) in [5, 5.41) is 0. The fourth-order valence-corrected chi connectivity index (χ4v) is 3.06. The Labute approximate surface area is 105 Å². The molecule has 1 aliphatic rings. The Morgan fingerprint density at radius 2 is 1.78 bits per heavy atom. The van der Waals surface area contributed by atoms with Gasteiger partial charge in [-0.15, -0.1) is 0 Å². The van der Waals surface area contributed by atoms with Gasteiger partial charge < -0.3 is 16.4 Å². The van der Waals surface area contributed by atoms with Gasteiger partial charge in [0.2, 0.25) is 0 Å². The van der Waals surface area contributed by atoms with Crippen molar-refractivity contribution < 1.29 is 13.2 Å². The molecule has 18 heavy (non-hydrogen) atoms. The van der Waals surface area contributed by atoms with Crippen LogP contribution in [0.3, 0.4) is 0 Å². The lowest BCUT2D eigenvalue weighted by Crippen LogP contribution is -2.43. The highest BCUT2D eigenvalue weighted by Gasteiger charge is 2.26. The first-order valence-corrected chi connectivity index (χ1v) is 7.36. The molecule has 0 bridgehead atoms. The van der Waals surface area contributed by atoms with Crippen LogP contribution >= 0.6 is 0 Å². The molecule has 1 amide bonds. The van der Waals surface area contributed by atoms with Crippen LogP contribution in [0.2, 0.25) is 0 Å². The van der Waals surface area contributed by atoms with E-state index in [4.69, 9.17) is 11.5 Å². The van der Waals surface area contributed by atoms with Gasteiger partial charge in [-0.05, 0) is 18.2 Å². The van der Waals surface area contributed by atoms with Gasteiger partial charge >= 0.3 is 0 Å². The average molecular weight is 269 g/mol. The molecule has 1 aliphatic heterocycles. The van der Waals surface area contributed by atoms with Gasteiger partial charge in [-0.25, -0.2) is 8.42 Å². The third kappa shape index (κ3) is 2.56. The molecular formula is C11H15N3O3S. The first-order chi connectivity index (χ1) is 8.39. The second-order valence-corrected chi connectivity index (χ2v) is 6.59. The molecule has 0 aromatic heterocycles. The van der Waals surface area contributed by atoms with Crippen molar-refractivity contribution in [2.24, 2.45) is 0 Å². The molecule has 1 aromatic carbocycles. The fraction of sp³-hybridized carbons (Fsp3) is 0.364. The third-order valence-electron chi connectivity index (χ3n) is 2.94. The van der Waals surface area contributed by atoms with Crippen LogP contribution in [-0.4, -0.2) is 43.8 Å². The molecule has 0 spiro atoms. The van der Waals surface area contributed by atoms with E-state index in [-0.39, 0.29) is 30.5 Å². The number of rotatable bonds is 1. The van der Waals surface area contributed by atoms with E-state index in [0.29, 0.717) is 16.9 Å². The maximum absolute atomic E-state index is 12.2. The SMILES string of the molecule is Nc1ccc(C(=O)N2CCS(=O)(=O)CC2)c(N)c1. The number of carbonyl (C=O) groups excluding carboxylic acids is 1. The summed E-state index contributed by atoms with van der Waals surface area (Å²) in [7, 11) is -2.99. The lowest BCUT2D eigenvalue weighted by Gasteiger charge is -2.27. The molecule has 0 saturated carbocycles. The fourth-order valence-electron chi connectivity index (χ4n) is 1.86. The van der Waals surface area contributed by atoms with Crippen molar-refractivity contribution in [2.75, 3.05) is 36.1 Å². The molecule has 2 rings (SSSR count). The van der Waals surface area contributed by atoms with Crippen LogP contribution in [0, 0.1) is 0 Å². The number of amides is 1. The van der Waals surface area contributed by atoms with Crippen molar-refractivity contribution in [2.45, 2.75) is 0 Å². The predicted octanol–water partition coefficient (Wildman–Crippen LogP) is -0.278. The van der Waals surface area contributed by atoms with E-state index in [2.05, 4.69) is 0 Å². The topological polar surface area (TPSA) is 106 Å². The Morgan fingerprint density at radius 1 is 1.17 bits per heavy atom. The minimum Gasteiger partial charge on any atom is -0.399 e. The highest BCUT2D eigenvalue weighted by Crippen LogP contribution is 2.18. The van der Waals surface area contributed by atoms with Gasteiger partial charge in [-0.1, -0.05) is 0 Å². The molecule has 1 aromatic rings. The summed E-state index contributed by atoms with van der Waals surface area (Å²) < 4.78 is 22.6. The Kier molecular flexibility index (Phi) is 3.16. The van der Waals surface area contributed by atoms with Gasteiger partial charge in [0, 0.05) is 24.5 Å². The maximum Gasteiger partial charge on any atom is 0.256 e. The predicted molar refractivity (Wildman–Crippen MR) is 69.8 cm³/mol. The number of nitrogens with two attached hydrogens (primary N) is 2. The molecule has 4 N–H and O–H groups in total. The van der Waals surface area contributed by atoms with Crippen LogP contribution in [0.15, 0.2) is 18.2 Å². The molecule has 1 fully saturated rings. The Balaban J connectivity index is 2.17. The molecule has 0 radical (unpaired) electrons. The Morgan fingerprint density at radius 3 is 2.33 bits per heavy atom. The first-order valence-electron chi connectivity index (χ1n) is 5.54. The molecule has 0 atom stereocenters. The number of anilines is 2. The van der Waals surface area contributed by atoms with Crippen molar-refractivity contribution in [1.82, 2.24) is 4.90 Å². The van der Waals surface area contributed by atoms with Crippen LogP contribution in [0.4, 0.5) is 11.4 Å². The van der Waals surface area contributed by atoms with Crippen molar-refractivity contribution in [3.8, 4) is 0 Å². The molecule has 0 unspecified atom stereocenters. The van der Waals surface area contributed by atoms with E-state index in [1.54, 1.807) is 12.1 Å². The second-order valence-electron chi connectivity index (χ2n) is 4.29. The van der Waals surface area contributed by atoms with Gasteiger partial charge in [-0.3, -0.25) is 4.79 Å². The summed E-state index contributed by atoms with van der Waals surface area (Å²) in [4.78, 5) is 13.7. The molecule has 6 nitrogen and oxygen atoms in total. The quantitative estimate of drug-likeness (QED) is 0.682. The van der Waals surface area contributed by atoms with Gasteiger partial charge in [0.25, 0.3) is 5.91 Å². The van der Waals surface area contributed by atoms with Gasteiger partial charge in [0.05, 0.1) is 17.1 Å². The van der Waals surface area contributed by atoms with E-state index >= 15 is 0 Å². The van der Waals surface area contributed by atoms with E-state index in [0.717, 1.165) is 0 Å². The number of hydrogen-bond donors (Lipinski definition) is 2. The largest absolute Gasteiger partial charge is 0.399 e. The van der Waals surface area contributed by atoms with Crippen molar-refractivity contribution in [1.29, 1.82) is 0 Å². The van der Waals surface area contributed by atoms with Crippen molar-refractivity contribution in [3.05, 3.63) is 23.8 Å². The highest BCUT2D eigenvalue weighted by atomic mass is 32.2. The number of carbonyl (C=O) groups is 1. The Bertz CT molecular complexity index is 569. The minimum absolute atomic E-state index is 0.00756. The summed E-state index contributed by atoms with van der Waals surface area (Å²) in [6.07, 6.45) is 0. The Hall–Kier alpha value is -1.76. The number of nitrogen functional groups attached to an aromatic ring is 2. The summed E-state index contributed by atoms with van der Waals surface area (Å²) in [5.74, 6) is -0.233. The monoisotopic (exact) mass is 269 g/mol. The number of sulfone groups is 1. The molecule has 1 heterocycles. The molecule has 0 aliphatic carbocycles. The standard InChI is InChI=1S/C11H15N3O3S/c12-8-1-2-9(10(13)7-8)11(15)14-3-5-18(16,17)6-4-14/h1-2,7H,3-6,12-13H2. The zero-order chi connectivity index (χ0) is 13.3. The molecular weight excluding hydrogens is 254 g/mol. The second kappa shape index (κ2) is 4.49. The van der Waals surface area contributed by atoms with Crippen molar-refractivity contribution in [3.63, 3.8) is 0 Å². The molecule has 98 valence electrons. The first kappa shape index (κ1) is 12.7. The normalized spacial score (nSPS) is 18.6. The van der Waals surface area contributed by atoms with E-state index in [1.165, 1.54) is 11.0 Å². The summed E-state index contributed by atoms with van der Waals surface area (Å²) in [5.41, 5.74) is 12.5. The molecule has 1 saturated heterocycles. The lowest BCUT2D eigenvalue weighted by atomic mass is 10.1. The van der Waals surface area contributed by atoms with Crippen LogP contribution in [0.5, 0.6) is 0 Å². The van der Waals surface area contributed by atoms with Gasteiger partial charge in [-0.2, -0.15) is 0 Å². The third-order valence-corrected chi connectivity index (χ3v) is 4.55. The summed E-state index contributed by atoms with van der Waals surface area (Å²) in [6, 6.07) is 4.69. The summed E-state index contributed by atoms with van der Waals surface area (Å²) in [6.45, 7) is 0.427. The van der Waals surface area contributed by atoms with Crippen LogP contribution in [0.1, 0.15) is 10.4 Å². The smallest absolute Gasteiger partial charge is 0.256 e. The lowest BCUT2D eigenvalue weighted by molar-refractivity contribution is 0.0771. The molecule has 7 heteroatoms. The van der Waals surface area contributed by atoms with Gasteiger partial charge in [0.15, 0.2) is 9.84 Å². The van der Waals surface area contributed by atoms with E-state index in [1.807, 2.05) is 0 Å². The summed E-state index contributed by atoms with van der Waals surface area (Å²) >= 11 is 0. The average Bonchev–Trinajstić information content (AvgIpc) is 2.28. The van der Waals surface area contributed by atoms with Gasteiger partial charge in [0.1, 0.15) is 0 Å². The van der Waals surface area contributed by atoms with Crippen LogP contribution in [-0.2, 0) is 9.84 Å².